The molecule has 1 aromatic carbocycles. The Morgan fingerprint density at radius 1 is 1.41 bits per heavy atom. The van der Waals surface area contributed by atoms with Gasteiger partial charge >= 0.3 is 0 Å². The van der Waals surface area contributed by atoms with Crippen molar-refractivity contribution in [3.05, 3.63) is 46.0 Å². The van der Waals surface area contributed by atoms with Crippen LogP contribution in [0.4, 0.5) is 8.78 Å². The first-order valence-corrected chi connectivity index (χ1v) is 5.92. The topological polar surface area (TPSA) is 51.8 Å². The normalized spacial score (nSPS) is 12.7. The van der Waals surface area contributed by atoms with E-state index in [1.54, 1.807) is 0 Å². The maximum absolute atomic E-state index is 13.6. The molecule has 2 N–H and O–H groups in total. The predicted octanol–water partition coefficient (Wildman–Crippen LogP) is 2.43. The molecule has 0 bridgehead atoms. The molecule has 0 aliphatic rings. The summed E-state index contributed by atoms with van der Waals surface area (Å²) < 4.78 is 30.2. The van der Waals surface area contributed by atoms with Crippen LogP contribution in [-0.4, -0.2) is 9.59 Å². The maximum Gasteiger partial charge on any atom is 0.131 e. The lowest BCUT2D eigenvalue weighted by Gasteiger charge is -2.11. The molecule has 0 saturated heterocycles. The third kappa shape index (κ3) is 2.32. The highest BCUT2D eigenvalue weighted by atomic mass is 32.1. The van der Waals surface area contributed by atoms with Crippen LogP contribution >= 0.6 is 11.5 Å². The fraction of sp³-hybridized carbons (Fsp3) is 0.273. The molecule has 0 aliphatic carbocycles. The third-order valence-corrected chi connectivity index (χ3v) is 3.35. The second kappa shape index (κ2) is 4.85. The van der Waals surface area contributed by atoms with E-state index in [2.05, 4.69) is 9.59 Å². The highest BCUT2D eigenvalue weighted by molar-refractivity contribution is 7.05. The summed E-state index contributed by atoms with van der Waals surface area (Å²) in [5.41, 5.74) is 6.97. The van der Waals surface area contributed by atoms with Gasteiger partial charge in [0.2, 0.25) is 0 Å². The van der Waals surface area contributed by atoms with E-state index in [0.717, 1.165) is 28.2 Å². The molecule has 6 heteroatoms. The van der Waals surface area contributed by atoms with Crippen molar-refractivity contribution in [2.24, 2.45) is 5.73 Å². The molecule has 0 fully saturated rings. The fourth-order valence-corrected chi connectivity index (χ4v) is 2.35. The van der Waals surface area contributed by atoms with E-state index in [0.29, 0.717) is 6.42 Å². The standard InChI is InChI=1S/C11H11F2N3S/c1-2-9-11(17-16-15-9)10(14)7-4-3-6(12)5-8(7)13/h3-5,10H,2,14H2,1H3. The van der Waals surface area contributed by atoms with Crippen molar-refractivity contribution < 1.29 is 8.78 Å². The van der Waals surface area contributed by atoms with Gasteiger partial charge in [-0.05, 0) is 24.0 Å². The van der Waals surface area contributed by atoms with E-state index >= 15 is 0 Å². The Kier molecular flexibility index (Phi) is 3.44. The Labute approximate surface area is 101 Å². The second-order valence-electron chi connectivity index (χ2n) is 3.58. The van der Waals surface area contributed by atoms with Crippen LogP contribution in [0.3, 0.4) is 0 Å². The lowest BCUT2D eigenvalue weighted by atomic mass is 10.0. The predicted molar refractivity (Wildman–Crippen MR) is 61.7 cm³/mol. The SMILES string of the molecule is CCc1nnsc1C(N)c1ccc(F)cc1F. The molecule has 3 nitrogen and oxygen atoms in total. The molecule has 1 aromatic heterocycles. The number of aryl methyl sites for hydroxylation is 1. The van der Waals surface area contributed by atoms with Gasteiger partial charge < -0.3 is 5.73 Å². The molecule has 1 unspecified atom stereocenters. The molecule has 2 aromatic rings. The molecule has 0 aliphatic heterocycles. The fourth-order valence-electron chi connectivity index (χ4n) is 1.59. The minimum Gasteiger partial charge on any atom is -0.319 e. The number of hydrogen-bond acceptors (Lipinski definition) is 4. The largest absolute Gasteiger partial charge is 0.319 e. The van der Waals surface area contributed by atoms with Crippen molar-refractivity contribution in [1.82, 2.24) is 9.59 Å². The smallest absolute Gasteiger partial charge is 0.131 e. The van der Waals surface area contributed by atoms with E-state index in [4.69, 9.17) is 5.73 Å². The van der Waals surface area contributed by atoms with Gasteiger partial charge in [0, 0.05) is 11.6 Å². The van der Waals surface area contributed by atoms with Crippen LogP contribution in [0.15, 0.2) is 18.2 Å². The van der Waals surface area contributed by atoms with Gasteiger partial charge in [-0.15, -0.1) is 5.10 Å². The van der Waals surface area contributed by atoms with E-state index < -0.39 is 17.7 Å². The summed E-state index contributed by atoms with van der Waals surface area (Å²) in [5.74, 6) is -1.26. The molecule has 17 heavy (non-hydrogen) atoms. The molecule has 0 saturated carbocycles. The third-order valence-electron chi connectivity index (χ3n) is 2.50. The molecule has 0 amide bonds. The van der Waals surface area contributed by atoms with Crippen LogP contribution in [0.2, 0.25) is 0 Å². The summed E-state index contributed by atoms with van der Waals surface area (Å²) in [4.78, 5) is 0.720. The second-order valence-corrected chi connectivity index (χ2v) is 4.37. The Bertz CT molecular complexity index is 527. The van der Waals surface area contributed by atoms with Gasteiger partial charge in [-0.2, -0.15) is 0 Å². The van der Waals surface area contributed by atoms with Crippen LogP contribution in [0.25, 0.3) is 0 Å². The summed E-state index contributed by atoms with van der Waals surface area (Å²) in [7, 11) is 0. The van der Waals surface area contributed by atoms with E-state index in [1.165, 1.54) is 12.1 Å². The average molecular weight is 255 g/mol. The molecule has 0 radical (unpaired) electrons. The lowest BCUT2D eigenvalue weighted by Crippen LogP contribution is -2.14. The van der Waals surface area contributed by atoms with Crippen LogP contribution in [0, 0.1) is 11.6 Å². The van der Waals surface area contributed by atoms with Crippen molar-refractivity contribution in [2.45, 2.75) is 19.4 Å². The van der Waals surface area contributed by atoms with Crippen molar-refractivity contribution in [1.29, 1.82) is 0 Å². The number of rotatable bonds is 3. The Morgan fingerprint density at radius 3 is 2.82 bits per heavy atom. The zero-order valence-electron chi connectivity index (χ0n) is 9.15. The number of benzene rings is 1. The summed E-state index contributed by atoms with van der Waals surface area (Å²) in [5, 5.41) is 3.92. The highest BCUT2D eigenvalue weighted by Gasteiger charge is 2.19. The first-order valence-electron chi connectivity index (χ1n) is 5.15. The zero-order valence-corrected chi connectivity index (χ0v) is 9.97. The van der Waals surface area contributed by atoms with Gasteiger partial charge in [0.1, 0.15) is 11.6 Å². The van der Waals surface area contributed by atoms with Gasteiger partial charge in [0.25, 0.3) is 0 Å². The average Bonchev–Trinajstić information content (AvgIpc) is 2.76. The van der Waals surface area contributed by atoms with E-state index in [1.807, 2.05) is 6.92 Å². The van der Waals surface area contributed by atoms with Gasteiger partial charge in [-0.1, -0.05) is 17.5 Å². The van der Waals surface area contributed by atoms with Crippen LogP contribution in [-0.2, 0) is 6.42 Å². The number of halogens is 2. The van der Waals surface area contributed by atoms with Crippen LogP contribution < -0.4 is 5.73 Å². The van der Waals surface area contributed by atoms with E-state index in [9.17, 15) is 8.78 Å². The van der Waals surface area contributed by atoms with Crippen molar-refractivity contribution in [3.63, 3.8) is 0 Å². The Balaban J connectivity index is 2.40. The van der Waals surface area contributed by atoms with Crippen LogP contribution in [0.5, 0.6) is 0 Å². The number of nitrogens with two attached hydrogens (primary N) is 1. The molecular formula is C11H11F2N3S. The monoisotopic (exact) mass is 255 g/mol. The van der Waals surface area contributed by atoms with E-state index in [-0.39, 0.29) is 5.56 Å². The van der Waals surface area contributed by atoms with Crippen molar-refractivity contribution in [3.8, 4) is 0 Å². The Morgan fingerprint density at radius 2 is 2.18 bits per heavy atom. The van der Waals surface area contributed by atoms with Gasteiger partial charge in [-0.3, -0.25) is 0 Å². The Hall–Kier alpha value is -1.40. The van der Waals surface area contributed by atoms with Crippen LogP contribution in [0.1, 0.15) is 29.1 Å². The molecular weight excluding hydrogens is 244 g/mol. The van der Waals surface area contributed by atoms with Crippen molar-refractivity contribution in [2.75, 3.05) is 0 Å². The zero-order chi connectivity index (χ0) is 12.4. The quantitative estimate of drug-likeness (QED) is 0.916. The molecule has 1 atom stereocenters. The first kappa shape index (κ1) is 12.1. The summed E-state index contributed by atoms with van der Waals surface area (Å²) in [6, 6.07) is 2.73. The lowest BCUT2D eigenvalue weighted by molar-refractivity contribution is 0.566. The van der Waals surface area contributed by atoms with Gasteiger partial charge in [0.15, 0.2) is 0 Å². The highest BCUT2D eigenvalue weighted by Crippen LogP contribution is 2.27. The minimum absolute atomic E-state index is 0.257. The number of nitrogens with zero attached hydrogens (tertiary/aromatic N) is 2. The summed E-state index contributed by atoms with van der Waals surface area (Å²) in [6.07, 6.45) is 0.683. The van der Waals surface area contributed by atoms with Gasteiger partial charge in [0.05, 0.1) is 16.6 Å². The number of aromatic nitrogens is 2. The maximum atomic E-state index is 13.6. The summed E-state index contributed by atoms with van der Waals surface area (Å²) in [6.45, 7) is 1.92. The molecule has 0 spiro atoms. The molecule has 1 heterocycles. The molecule has 90 valence electrons. The first-order chi connectivity index (χ1) is 8.13. The van der Waals surface area contributed by atoms with Crippen molar-refractivity contribution >= 4 is 11.5 Å². The summed E-state index contributed by atoms with van der Waals surface area (Å²) >= 11 is 1.14. The van der Waals surface area contributed by atoms with Gasteiger partial charge in [-0.25, -0.2) is 8.78 Å². The molecule has 2 rings (SSSR count). The number of hydrogen-bond donors (Lipinski definition) is 1. The minimum atomic E-state index is -0.648.